The van der Waals surface area contributed by atoms with Crippen molar-refractivity contribution in [3.8, 4) is 11.5 Å². The molecule has 0 unspecified atom stereocenters. The van der Waals surface area contributed by atoms with Crippen molar-refractivity contribution in [3.63, 3.8) is 0 Å². The van der Waals surface area contributed by atoms with Crippen LogP contribution in [0.15, 0.2) is 18.2 Å². The Kier molecular flexibility index (Phi) is 6.86. The molecule has 1 rings (SSSR count). The lowest BCUT2D eigenvalue weighted by Crippen LogP contribution is -2.37. The highest BCUT2D eigenvalue weighted by molar-refractivity contribution is 5.74. The maximum Gasteiger partial charge on any atom is 0.314 e. The molecule has 0 fully saturated rings. The lowest BCUT2D eigenvalue weighted by Gasteiger charge is -2.10. The summed E-state index contributed by atoms with van der Waals surface area (Å²) in [6, 6.07) is 5.17. The number of carbonyl (C=O) groups excluding carboxylic acids is 1. The second-order valence-electron chi connectivity index (χ2n) is 4.27. The maximum absolute atomic E-state index is 11.4. The number of carbonyl (C=O) groups is 2. The summed E-state index contributed by atoms with van der Waals surface area (Å²) in [7, 11) is 3.14. The van der Waals surface area contributed by atoms with Gasteiger partial charge < -0.3 is 25.2 Å². The van der Waals surface area contributed by atoms with Crippen LogP contribution in [0.3, 0.4) is 0 Å². The normalized spacial score (nSPS) is 9.81. The number of amides is 2. The van der Waals surface area contributed by atoms with Gasteiger partial charge in [0, 0.05) is 13.1 Å². The summed E-state index contributed by atoms with van der Waals surface area (Å²) >= 11 is 0. The molecule has 1 aromatic rings. The number of carboxylic acid groups (broad SMARTS) is 1. The smallest absolute Gasteiger partial charge is 0.314 e. The van der Waals surface area contributed by atoms with Crippen molar-refractivity contribution >= 4 is 12.0 Å². The van der Waals surface area contributed by atoms with E-state index in [-0.39, 0.29) is 19.0 Å². The van der Waals surface area contributed by atoms with Crippen LogP contribution in [-0.4, -0.2) is 44.4 Å². The third-order valence-corrected chi connectivity index (χ3v) is 2.77. The first-order valence-corrected chi connectivity index (χ1v) is 6.51. The highest BCUT2D eigenvalue weighted by Crippen LogP contribution is 2.27. The number of hydrogen-bond donors (Lipinski definition) is 3. The Morgan fingerprint density at radius 2 is 1.76 bits per heavy atom. The van der Waals surface area contributed by atoms with Gasteiger partial charge in [-0.3, -0.25) is 4.79 Å². The van der Waals surface area contributed by atoms with Crippen molar-refractivity contribution < 1.29 is 24.2 Å². The Hall–Kier alpha value is -2.44. The van der Waals surface area contributed by atoms with Crippen molar-refractivity contribution in [2.24, 2.45) is 0 Å². The minimum Gasteiger partial charge on any atom is -0.493 e. The standard InChI is InChI=1S/C14H20N2O5/c1-20-11-4-3-10(9-12(11)21-2)5-7-15-14(19)16-8-6-13(17)18/h3-4,9H,5-8H2,1-2H3,(H,17,18)(H2,15,16,19). The van der Waals surface area contributed by atoms with Gasteiger partial charge in [0.05, 0.1) is 20.6 Å². The number of ether oxygens (including phenoxy) is 2. The Balaban J connectivity index is 2.35. The third-order valence-electron chi connectivity index (χ3n) is 2.77. The van der Waals surface area contributed by atoms with E-state index in [9.17, 15) is 9.59 Å². The van der Waals surface area contributed by atoms with Crippen LogP contribution >= 0.6 is 0 Å². The van der Waals surface area contributed by atoms with E-state index in [1.165, 1.54) is 0 Å². The Morgan fingerprint density at radius 1 is 1.10 bits per heavy atom. The molecule has 3 N–H and O–H groups in total. The highest BCUT2D eigenvalue weighted by atomic mass is 16.5. The third kappa shape index (κ3) is 6.03. The zero-order valence-corrected chi connectivity index (χ0v) is 12.1. The lowest BCUT2D eigenvalue weighted by molar-refractivity contribution is -0.136. The largest absolute Gasteiger partial charge is 0.493 e. The van der Waals surface area contributed by atoms with Gasteiger partial charge in [-0.2, -0.15) is 0 Å². The molecule has 0 bridgehead atoms. The Morgan fingerprint density at radius 3 is 2.38 bits per heavy atom. The number of rotatable bonds is 8. The number of carboxylic acids is 1. The van der Waals surface area contributed by atoms with Crippen LogP contribution in [0.1, 0.15) is 12.0 Å². The van der Waals surface area contributed by atoms with E-state index in [1.54, 1.807) is 20.3 Å². The average molecular weight is 296 g/mol. The van der Waals surface area contributed by atoms with Crippen LogP contribution in [0.5, 0.6) is 11.5 Å². The van der Waals surface area contributed by atoms with Gasteiger partial charge in [0.2, 0.25) is 0 Å². The summed E-state index contributed by atoms with van der Waals surface area (Å²) in [6.45, 7) is 0.548. The number of hydrogen-bond acceptors (Lipinski definition) is 4. The molecule has 0 aliphatic carbocycles. The molecule has 116 valence electrons. The van der Waals surface area contributed by atoms with Gasteiger partial charge in [0.25, 0.3) is 0 Å². The topological polar surface area (TPSA) is 96.9 Å². The number of benzene rings is 1. The molecule has 0 aliphatic heterocycles. The Bertz CT molecular complexity index is 490. The number of urea groups is 1. The molecule has 7 nitrogen and oxygen atoms in total. The molecule has 21 heavy (non-hydrogen) atoms. The fraction of sp³-hybridized carbons (Fsp3) is 0.429. The minimum atomic E-state index is -0.944. The molecule has 2 amide bonds. The molecule has 1 aromatic carbocycles. The summed E-state index contributed by atoms with van der Waals surface area (Å²) in [5, 5.41) is 13.6. The van der Waals surface area contributed by atoms with Gasteiger partial charge in [-0.05, 0) is 24.1 Å². The molecule has 7 heteroatoms. The lowest BCUT2D eigenvalue weighted by atomic mass is 10.1. The van der Waals surface area contributed by atoms with Crippen LogP contribution in [-0.2, 0) is 11.2 Å². The number of aliphatic carboxylic acids is 1. The molecular formula is C14H20N2O5. The summed E-state index contributed by atoms with van der Waals surface area (Å²) < 4.78 is 10.3. The van der Waals surface area contributed by atoms with E-state index in [0.717, 1.165) is 5.56 Å². The molecule has 0 heterocycles. The highest BCUT2D eigenvalue weighted by Gasteiger charge is 2.05. The number of nitrogens with one attached hydrogen (secondary N) is 2. The summed E-state index contributed by atoms with van der Waals surface area (Å²) in [6.07, 6.45) is 0.538. The second-order valence-corrected chi connectivity index (χ2v) is 4.27. The van der Waals surface area contributed by atoms with Gasteiger partial charge in [0.1, 0.15) is 0 Å². The SMILES string of the molecule is COc1ccc(CCNC(=O)NCCC(=O)O)cc1OC. The van der Waals surface area contributed by atoms with Gasteiger partial charge in [-0.15, -0.1) is 0 Å². The fourth-order valence-corrected chi connectivity index (χ4v) is 1.70. The van der Waals surface area contributed by atoms with Crippen LogP contribution < -0.4 is 20.1 Å². The van der Waals surface area contributed by atoms with E-state index < -0.39 is 5.97 Å². The maximum atomic E-state index is 11.4. The summed E-state index contributed by atoms with van der Waals surface area (Å²) in [4.78, 5) is 21.7. The van der Waals surface area contributed by atoms with Crippen LogP contribution in [0.2, 0.25) is 0 Å². The van der Waals surface area contributed by atoms with Crippen LogP contribution in [0.4, 0.5) is 4.79 Å². The van der Waals surface area contributed by atoms with Gasteiger partial charge in [-0.1, -0.05) is 6.07 Å². The predicted molar refractivity (Wildman–Crippen MR) is 76.9 cm³/mol. The van der Waals surface area contributed by atoms with Crippen LogP contribution in [0, 0.1) is 0 Å². The molecule has 0 aromatic heterocycles. The van der Waals surface area contributed by atoms with Gasteiger partial charge in [0.15, 0.2) is 11.5 Å². The van der Waals surface area contributed by atoms with Crippen molar-refractivity contribution in [2.45, 2.75) is 12.8 Å². The predicted octanol–water partition coefficient (Wildman–Crippen LogP) is 1.02. The first-order chi connectivity index (χ1) is 10.1. The molecule has 0 saturated carbocycles. The van der Waals surface area contributed by atoms with E-state index in [4.69, 9.17) is 14.6 Å². The van der Waals surface area contributed by atoms with Crippen molar-refractivity contribution in [1.82, 2.24) is 10.6 Å². The zero-order valence-electron chi connectivity index (χ0n) is 12.1. The number of methoxy groups -OCH3 is 2. The average Bonchev–Trinajstić information content (AvgIpc) is 2.46. The zero-order chi connectivity index (χ0) is 15.7. The molecule has 0 aliphatic rings. The summed E-state index contributed by atoms with van der Waals surface area (Å²) in [5.74, 6) is 0.349. The van der Waals surface area contributed by atoms with E-state index in [0.29, 0.717) is 24.5 Å². The van der Waals surface area contributed by atoms with E-state index >= 15 is 0 Å². The molecule has 0 saturated heterocycles. The monoisotopic (exact) mass is 296 g/mol. The van der Waals surface area contributed by atoms with Gasteiger partial charge >= 0.3 is 12.0 Å². The Labute approximate surface area is 123 Å². The second kappa shape index (κ2) is 8.68. The molecule has 0 atom stereocenters. The quantitative estimate of drug-likeness (QED) is 0.665. The minimum absolute atomic E-state index is 0.0941. The van der Waals surface area contributed by atoms with E-state index in [2.05, 4.69) is 10.6 Å². The van der Waals surface area contributed by atoms with E-state index in [1.807, 2.05) is 12.1 Å². The first kappa shape index (κ1) is 16.6. The van der Waals surface area contributed by atoms with Crippen molar-refractivity contribution in [1.29, 1.82) is 0 Å². The van der Waals surface area contributed by atoms with Crippen LogP contribution in [0.25, 0.3) is 0 Å². The summed E-state index contributed by atoms with van der Waals surface area (Å²) in [5.41, 5.74) is 0.999. The fourth-order valence-electron chi connectivity index (χ4n) is 1.70. The molecular weight excluding hydrogens is 276 g/mol. The molecule has 0 spiro atoms. The van der Waals surface area contributed by atoms with Crippen molar-refractivity contribution in [3.05, 3.63) is 23.8 Å². The van der Waals surface area contributed by atoms with Crippen molar-refractivity contribution in [2.75, 3.05) is 27.3 Å². The van der Waals surface area contributed by atoms with Gasteiger partial charge in [-0.25, -0.2) is 4.79 Å². The first-order valence-electron chi connectivity index (χ1n) is 6.51. The molecule has 0 radical (unpaired) electrons.